The number of hydrogen-bond acceptors (Lipinski definition) is 3. The van der Waals surface area contributed by atoms with Gasteiger partial charge in [-0.25, -0.2) is 4.98 Å². The van der Waals surface area contributed by atoms with Crippen LogP contribution in [-0.4, -0.2) is 11.6 Å². The van der Waals surface area contributed by atoms with Crippen LogP contribution in [-0.2, 0) is 0 Å². The van der Waals surface area contributed by atoms with Crippen molar-refractivity contribution in [2.75, 3.05) is 6.61 Å². The first kappa shape index (κ1) is 13.6. The standard InChI is InChI=1S/C14H16BrNOS/c1-9(2)7-17-13-5-4-11(6-12(13)15)14-16-10(3)8-18-14/h4-6,8-9H,7H2,1-3H3. The predicted octanol–water partition coefficient (Wildman–Crippen LogP) is 4.92. The second kappa shape index (κ2) is 5.85. The van der Waals surface area contributed by atoms with Gasteiger partial charge < -0.3 is 4.74 Å². The van der Waals surface area contributed by atoms with Crippen molar-refractivity contribution in [1.82, 2.24) is 4.98 Å². The highest BCUT2D eigenvalue weighted by Crippen LogP contribution is 2.32. The quantitative estimate of drug-likeness (QED) is 0.796. The van der Waals surface area contributed by atoms with E-state index >= 15 is 0 Å². The van der Waals surface area contributed by atoms with Crippen molar-refractivity contribution in [1.29, 1.82) is 0 Å². The minimum absolute atomic E-state index is 0.526. The van der Waals surface area contributed by atoms with Gasteiger partial charge in [0, 0.05) is 16.6 Å². The van der Waals surface area contributed by atoms with Crippen LogP contribution in [0.2, 0.25) is 0 Å². The van der Waals surface area contributed by atoms with Gasteiger partial charge >= 0.3 is 0 Å². The van der Waals surface area contributed by atoms with Gasteiger partial charge in [-0.15, -0.1) is 11.3 Å². The fraction of sp³-hybridized carbons (Fsp3) is 0.357. The van der Waals surface area contributed by atoms with E-state index in [1.165, 1.54) is 0 Å². The van der Waals surface area contributed by atoms with Gasteiger partial charge in [-0.05, 0) is 47.0 Å². The Morgan fingerprint density at radius 1 is 1.39 bits per heavy atom. The monoisotopic (exact) mass is 325 g/mol. The number of aryl methyl sites for hydroxylation is 1. The molecular weight excluding hydrogens is 310 g/mol. The molecule has 0 saturated heterocycles. The van der Waals surface area contributed by atoms with Crippen LogP contribution in [0.1, 0.15) is 19.5 Å². The first-order chi connectivity index (χ1) is 8.56. The Hall–Kier alpha value is -0.870. The predicted molar refractivity (Wildman–Crippen MR) is 80.3 cm³/mol. The number of rotatable bonds is 4. The molecule has 2 aromatic rings. The van der Waals surface area contributed by atoms with E-state index in [2.05, 4.69) is 52.3 Å². The second-order valence-corrected chi connectivity index (χ2v) is 6.36. The summed E-state index contributed by atoms with van der Waals surface area (Å²) in [6.07, 6.45) is 0. The fourth-order valence-corrected chi connectivity index (χ4v) is 2.78. The van der Waals surface area contributed by atoms with Crippen LogP contribution in [0.15, 0.2) is 28.1 Å². The zero-order valence-electron chi connectivity index (χ0n) is 10.7. The number of benzene rings is 1. The molecule has 1 heterocycles. The summed E-state index contributed by atoms with van der Waals surface area (Å²) in [6.45, 7) is 7.02. The molecule has 0 aliphatic heterocycles. The molecule has 0 aliphatic rings. The van der Waals surface area contributed by atoms with Gasteiger partial charge in [0.15, 0.2) is 0 Å². The van der Waals surface area contributed by atoms with Crippen LogP contribution in [0.3, 0.4) is 0 Å². The minimum atomic E-state index is 0.526. The summed E-state index contributed by atoms with van der Waals surface area (Å²) >= 11 is 5.22. The van der Waals surface area contributed by atoms with Crippen molar-refractivity contribution in [3.8, 4) is 16.3 Å². The van der Waals surface area contributed by atoms with Gasteiger partial charge in [0.25, 0.3) is 0 Å². The zero-order valence-corrected chi connectivity index (χ0v) is 13.1. The average Bonchev–Trinajstić information content (AvgIpc) is 2.74. The summed E-state index contributed by atoms with van der Waals surface area (Å²) in [5.41, 5.74) is 2.18. The average molecular weight is 326 g/mol. The fourth-order valence-electron chi connectivity index (χ4n) is 1.49. The normalized spacial score (nSPS) is 10.9. The lowest BCUT2D eigenvalue weighted by molar-refractivity contribution is 0.269. The summed E-state index contributed by atoms with van der Waals surface area (Å²) in [7, 11) is 0. The number of nitrogens with zero attached hydrogens (tertiary/aromatic N) is 1. The summed E-state index contributed by atoms with van der Waals surface area (Å²) in [5, 5.41) is 3.11. The summed E-state index contributed by atoms with van der Waals surface area (Å²) in [6, 6.07) is 6.12. The van der Waals surface area contributed by atoms with Crippen LogP contribution in [0.4, 0.5) is 0 Å². The Labute approximate surface area is 120 Å². The van der Waals surface area contributed by atoms with Crippen molar-refractivity contribution >= 4 is 27.3 Å². The molecule has 0 saturated carbocycles. The first-order valence-corrected chi connectivity index (χ1v) is 7.58. The molecule has 0 radical (unpaired) electrons. The number of halogens is 1. The molecule has 1 aromatic carbocycles. The van der Waals surface area contributed by atoms with Gasteiger partial charge in [-0.1, -0.05) is 13.8 Å². The van der Waals surface area contributed by atoms with Gasteiger partial charge in [0.2, 0.25) is 0 Å². The Kier molecular flexibility index (Phi) is 4.40. The topological polar surface area (TPSA) is 22.1 Å². The molecule has 0 aliphatic carbocycles. The third-order valence-electron chi connectivity index (χ3n) is 2.37. The lowest BCUT2D eigenvalue weighted by atomic mass is 10.2. The second-order valence-electron chi connectivity index (χ2n) is 4.64. The first-order valence-electron chi connectivity index (χ1n) is 5.91. The summed E-state index contributed by atoms with van der Waals surface area (Å²) < 4.78 is 6.71. The molecule has 1 aromatic heterocycles. The van der Waals surface area contributed by atoms with E-state index in [1.54, 1.807) is 11.3 Å². The Bertz CT molecular complexity index is 536. The maximum Gasteiger partial charge on any atom is 0.133 e. The highest BCUT2D eigenvalue weighted by molar-refractivity contribution is 9.10. The van der Waals surface area contributed by atoms with Gasteiger partial charge in [-0.2, -0.15) is 0 Å². The molecule has 0 unspecified atom stereocenters. The highest BCUT2D eigenvalue weighted by atomic mass is 79.9. The van der Waals surface area contributed by atoms with E-state index in [0.717, 1.165) is 33.1 Å². The number of aromatic nitrogens is 1. The molecule has 0 atom stereocenters. The van der Waals surface area contributed by atoms with Crippen LogP contribution in [0.25, 0.3) is 10.6 Å². The molecule has 2 nitrogen and oxygen atoms in total. The van der Waals surface area contributed by atoms with Gasteiger partial charge in [-0.3, -0.25) is 0 Å². The molecule has 96 valence electrons. The minimum Gasteiger partial charge on any atom is -0.492 e. The van der Waals surface area contributed by atoms with E-state index in [4.69, 9.17) is 4.74 Å². The van der Waals surface area contributed by atoms with Crippen molar-refractivity contribution in [2.24, 2.45) is 5.92 Å². The molecule has 0 bridgehead atoms. The molecule has 0 spiro atoms. The van der Waals surface area contributed by atoms with E-state index in [-0.39, 0.29) is 0 Å². The smallest absolute Gasteiger partial charge is 0.133 e. The lowest BCUT2D eigenvalue weighted by Crippen LogP contribution is -2.04. The number of thiazole rings is 1. The third-order valence-corrected chi connectivity index (χ3v) is 4.00. The largest absolute Gasteiger partial charge is 0.492 e. The summed E-state index contributed by atoms with van der Waals surface area (Å²) in [5.74, 6) is 1.42. The van der Waals surface area contributed by atoms with Gasteiger partial charge in [0.05, 0.1) is 11.1 Å². The van der Waals surface area contributed by atoms with Crippen molar-refractivity contribution in [3.05, 3.63) is 33.7 Å². The van der Waals surface area contributed by atoms with Crippen molar-refractivity contribution in [3.63, 3.8) is 0 Å². The van der Waals surface area contributed by atoms with Crippen LogP contribution >= 0.6 is 27.3 Å². The van der Waals surface area contributed by atoms with Gasteiger partial charge in [0.1, 0.15) is 10.8 Å². The molecule has 2 rings (SSSR count). The van der Waals surface area contributed by atoms with E-state index in [1.807, 2.05) is 13.0 Å². The number of hydrogen-bond donors (Lipinski definition) is 0. The highest BCUT2D eigenvalue weighted by Gasteiger charge is 2.07. The SMILES string of the molecule is Cc1csc(-c2ccc(OCC(C)C)c(Br)c2)n1. The Morgan fingerprint density at radius 2 is 2.17 bits per heavy atom. The van der Waals surface area contributed by atoms with E-state index in [0.29, 0.717) is 5.92 Å². The van der Waals surface area contributed by atoms with Crippen molar-refractivity contribution < 1.29 is 4.74 Å². The van der Waals surface area contributed by atoms with Crippen LogP contribution in [0.5, 0.6) is 5.75 Å². The Balaban J connectivity index is 2.19. The maximum absolute atomic E-state index is 5.73. The van der Waals surface area contributed by atoms with Crippen LogP contribution < -0.4 is 4.74 Å². The third kappa shape index (κ3) is 3.33. The van der Waals surface area contributed by atoms with Crippen molar-refractivity contribution in [2.45, 2.75) is 20.8 Å². The molecule has 18 heavy (non-hydrogen) atoms. The van der Waals surface area contributed by atoms with E-state index < -0.39 is 0 Å². The summed E-state index contributed by atoms with van der Waals surface area (Å²) in [4.78, 5) is 4.48. The number of ether oxygens (including phenoxy) is 1. The van der Waals surface area contributed by atoms with E-state index in [9.17, 15) is 0 Å². The molecular formula is C14H16BrNOS. The molecule has 4 heteroatoms. The molecule has 0 fully saturated rings. The Morgan fingerprint density at radius 3 is 2.72 bits per heavy atom. The lowest BCUT2D eigenvalue weighted by Gasteiger charge is -2.10. The van der Waals surface area contributed by atoms with Crippen LogP contribution in [0, 0.1) is 12.8 Å². The molecule has 0 amide bonds. The maximum atomic E-state index is 5.73. The zero-order chi connectivity index (χ0) is 13.1. The molecule has 0 N–H and O–H groups in total.